The van der Waals surface area contributed by atoms with Crippen LogP contribution in [0.1, 0.15) is 42.9 Å². The molecule has 0 N–H and O–H groups in total. The molecule has 0 fully saturated rings. The highest BCUT2D eigenvalue weighted by Gasteiger charge is 2.12. The zero-order valence-corrected chi connectivity index (χ0v) is 12.4. The zero-order valence-electron chi connectivity index (χ0n) is 12.4. The normalized spacial score (nSPS) is 11.0. The van der Waals surface area contributed by atoms with Crippen molar-refractivity contribution in [2.45, 2.75) is 39.0 Å². The summed E-state index contributed by atoms with van der Waals surface area (Å²) in [6.07, 6.45) is 3.45. The fourth-order valence-corrected chi connectivity index (χ4v) is 2.44. The molecule has 0 saturated carbocycles. The number of unbranched alkanes of at least 4 members (excludes halogenated alkanes) is 2. The third-order valence-corrected chi connectivity index (χ3v) is 3.61. The second-order valence-corrected chi connectivity index (χ2v) is 5.43. The van der Waals surface area contributed by atoms with Crippen LogP contribution in [0, 0.1) is 23.3 Å². The molecule has 0 spiro atoms. The molecule has 0 heterocycles. The first-order chi connectivity index (χ1) is 10.5. The molecule has 0 saturated heterocycles. The molecule has 0 aliphatic rings. The van der Waals surface area contributed by atoms with Gasteiger partial charge in [0.25, 0.3) is 0 Å². The number of hydrogen-bond acceptors (Lipinski definition) is 0. The maximum Gasteiger partial charge on any atom is 0.162 e. The molecule has 0 nitrogen and oxygen atoms in total. The fourth-order valence-electron chi connectivity index (χ4n) is 2.44. The van der Waals surface area contributed by atoms with E-state index < -0.39 is 23.3 Å². The molecule has 0 atom stereocenters. The first-order valence-electron chi connectivity index (χ1n) is 7.42. The van der Waals surface area contributed by atoms with E-state index in [1.807, 2.05) is 6.92 Å². The summed E-state index contributed by atoms with van der Waals surface area (Å²) in [4.78, 5) is 0. The average molecular weight is 310 g/mol. The van der Waals surface area contributed by atoms with Crippen molar-refractivity contribution in [3.8, 4) is 0 Å². The maximum absolute atomic E-state index is 13.8. The van der Waals surface area contributed by atoms with Crippen LogP contribution in [0.5, 0.6) is 0 Å². The quantitative estimate of drug-likeness (QED) is 0.483. The van der Waals surface area contributed by atoms with Crippen LogP contribution in [0.3, 0.4) is 0 Å². The Labute approximate surface area is 127 Å². The number of halogens is 4. The van der Waals surface area contributed by atoms with Gasteiger partial charge >= 0.3 is 0 Å². The Kier molecular flexibility index (Phi) is 5.58. The number of aryl methyl sites for hydroxylation is 1. The molecular weight excluding hydrogens is 292 g/mol. The SMILES string of the molecule is CCCCCc1cc(Cc2ccc(F)c(F)c2)cc(F)c1F. The summed E-state index contributed by atoms with van der Waals surface area (Å²) in [7, 11) is 0. The Morgan fingerprint density at radius 3 is 2.18 bits per heavy atom. The summed E-state index contributed by atoms with van der Waals surface area (Å²) < 4.78 is 53.6. The largest absolute Gasteiger partial charge is 0.204 e. The Hall–Kier alpha value is -1.84. The second kappa shape index (κ2) is 7.43. The summed E-state index contributed by atoms with van der Waals surface area (Å²) in [5.41, 5.74) is 1.41. The van der Waals surface area contributed by atoms with Crippen LogP contribution >= 0.6 is 0 Å². The molecule has 4 heteroatoms. The van der Waals surface area contributed by atoms with Crippen molar-refractivity contribution < 1.29 is 17.6 Å². The minimum Gasteiger partial charge on any atom is -0.204 e. The van der Waals surface area contributed by atoms with Gasteiger partial charge in [-0.2, -0.15) is 0 Å². The first-order valence-corrected chi connectivity index (χ1v) is 7.42. The lowest BCUT2D eigenvalue weighted by Gasteiger charge is -2.09. The number of benzene rings is 2. The van der Waals surface area contributed by atoms with Crippen molar-refractivity contribution in [2.24, 2.45) is 0 Å². The lowest BCUT2D eigenvalue weighted by molar-refractivity contribution is 0.494. The fraction of sp³-hybridized carbons (Fsp3) is 0.333. The van der Waals surface area contributed by atoms with Gasteiger partial charge in [0.2, 0.25) is 0 Å². The van der Waals surface area contributed by atoms with Crippen molar-refractivity contribution in [2.75, 3.05) is 0 Å². The van der Waals surface area contributed by atoms with Gasteiger partial charge in [-0.15, -0.1) is 0 Å². The van der Waals surface area contributed by atoms with Gasteiger partial charge < -0.3 is 0 Å². The van der Waals surface area contributed by atoms with Crippen LogP contribution in [-0.4, -0.2) is 0 Å². The molecule has 0 amide bonds. The van der Waals surface area contributed by atoms with Crippen molar-refractivity contribution in [1.82, 2.24) is 0 Å². The van der Waals surface area contributed by atoms with Gasteiger partial charge in [0.15, 0.2) is 23.3 Å². The van der Waals surface area contributed by atoms with Crippen LogP contribution in [0.4, 0.5) is 17.6 Å². The third-order valence-electron chi connectivity index (χ3n) is 3.61. The van der Waals surface area contributed by atoms with Gasteiger partial charge in [-0.25, -0.2) is 17.6 Å². The predicted octanol–water partition coefficient (Wildman–Crippen LogP) is 5.57. The molecule has 0 aliphatic heterocycles. The maximum atomic E-state index is 13.8. The van der Waals surface area contributed by atoms with Crippen LogP contribution in [0.25, 0.3) is 0 Å². The lowest BCUT2D eigenvalue weighted by Crippen LogP contribution is -2.00. The number of hydrogen-bond donors (Lipinski definition) is 0. The van der Waals surface area contributed by atoms with E-state index in [1.165, 1.54) is 6.07 Å². The Balaban J connectivity index is 2.21. The molecule has 0 aromatic heterocycles. The highest BCUT2D eigenvalue weighted by atomic mass is 19.2. The lowest BCUT2D eigenvalue weighted by atomic mass is 9.99. The predicted molar refractivity (Wildman–Crippen MR) is 78.8 cm³/mol. The van der Waals surface area contributed by atoms with Gasteiger partial charge in [0.05, 0.1) is 0 Å². The van der Waals surface area contributed by atoms with Crippen LogP contribution in [0.15, 0.2) is 30.3 Å². The van der Waals surface area contributed by atoms with E-state index in [2.05, 4.69) is 0 Å². The summed E-state index contributed by atoms with van der Waals surface area (Å²) in [5, 5.41) is 0. The molecule has 2 rings (SSSR count). The van der Waals surface area contributed by atoms with Crippen LogP contribution in [0.2, 0.25) is 0 Å². The Morgan fingerprint density at radius 2 is 1.50 bits per heavy atom. The van der Waals surface area contributed by atoms with Gasteiger partial charge in [-0.1, -0.05) is 31.9 Å². The average Bonchev–Trinajstić information content (AvgIpc) is 2.48. The molecular formula is C18H18F4. The van der Waals surface area contributed by atoms with E-state index in [9.17, 15) is 17.6 Å². The molecule has 2 aromatic rings. The molecule has 0 unspecified atom stereocenters. The third kappa shape index (κ3) is 4.09. The van der Waals surface area contributed by atoms with E-state index >= 15 is 0 Å². The molecule has 118 valence electrons. The number of rotatable bonds is 6. The van der Waals surface area contributed by atoms with Gasteiger partial charge in [-0.05, 0) is 54.2 Å². The summed E-state index contributed by atoms with van der Waals surface area (Å²) >= 11 is 0. The first kappa shape index (κ1) is 16.5. The Morgan fingerprint density at radius 1 is 0.773 bits per heavy atom. The highest BCUT2D eigenvalue weighted by Crippen LogP contribution is 2.20. The molecule has 0 aliphatic carbocycles. The van der Waals surface area contributed by atoms with Crippen molar-refractivity contribution in [3.63, 3.8) is 0 Å². The highest BCUT2D eigenvalue weighted by molar-refractivity contribution is 5.32. The van der Waals surface area contributed by atoms with E-state index in [-0.39, 0.29) is 6.42 Å². The van der Waals surface area contributed by atoms with Crippen molar-refractivity contribution >= 4 is 0 Å². The van der Waals surface area contributed by atoms with Crippen LogP contribution in [-0.2, 0) is 12.8 Å². The van der Waals surface area contributed by atoms with Gasteiger partial charge in [0, 0.05) is 0 Å². The summed E-state index contributed by atoms with van der Waals surface area (Å²) in [6.45, 7) is 2.04. The molecule has 2 aromatic carbocycles. The minimum atomic E-state index is -0.941. The molecule has 0 radical (unpaired) electrons. The van der Waals surface area contributed by atoms with E-state index in [0.29, 0.717) is 23.1 Å². The van der Waals surface area contributed by atoms with Crippen molar-refractivity contribution in [3.05, 3.63) is 70.3 Å². The van der Waals surface area contributed by atoms with Crippen molar-refractivity contribution in [1.29, 1.82) is 0 Å². The zero-order chi connectivity index (χ0) is 16.1. The van der Waals surface area contributed by atoms with Gasteiger partial charge in [-0.3, -0.25) is 0 Å². The molecule has 22 heavy (non-hydrogen) atoms. The smallest absolute Gasteiger partial charge is 0.162 e. The van der Waals surface area contributed by atoms with E-state index in [1.54, 1.807) is 6.07 Å². The monoisotopic (exact) mass is 310 g/mol. The summed E-state index contributed by atoms with van der Waals surface area (Å²) in [6, 6.07) is 6.27. The summed E-state index contributed by atoms with van der Waals surface area (Å²) in [5.74, 6) is -3.57. The standard InChI is InChI=1S/C18H18F4/c1-2-3-4-5-14-9-13(11-17(21)18(14)22)8-12-6-7-15(19)16(20)10-12/h6-7,9-11H,2-5,8H2,1H3. The van der Waals surface area contributed by atoms with Gasteiger partial charge in [0.1, 0.15) is 0 Å². The molecule has 0 bridgehead atoms. The Bertz CT molecular complexity index is 650. The van der Waals surface area contributed by atoms with E-state index in [4.69, 9.17) is 0 Å². The minimum absolute atomic E-state index is 0.231. The van der Waals surface area contributed by atoms with Crippen LogP contribution < -0.4 is 0 Å². The topological polar surface area (TPSA) is 0 Å². The van der Waals surface area contributed by atoms with E-state index in [0.717, 1.165) is 37.5 Å². The second-order valence-electron chi connectivity index (χ2n) is 5.43.